The van der Waals surface area contributed by atoms with E-state index in [1.807, 2.05) is 6.07 Å². The highest BCUT2D eigenvalue weighted by atomic mass is 35.5. The number of nitrogens with two attached hydrogens (primary N) is 2. The maximum absolute atomic E-state index is 14.0. The first kappa shape index (κ1) is 22.9. The fourth-order valence-electron chi connectivity index (χ4n) is 3.91. The van der Waals surface area contributed by atoms with Gasteiger partial charge in [-0.25, -0.2) is 9.18 Å². The van der Waals surface area contributed by atoms with E-state index in [0.29, 0.717) is 11.3 Å². The van der Waals surface area contributed by atoms with Crippen molar-refractivity contribution in [2.24, 2.45) is 11.5 Å². The number of urea groups is 1. The number of hydrogen-bond acceptors (Lipinski definition) is 4. The van der Waals surface area contributed by atoms with Crippen LogP contribution >= 0.6 is 34.8 Å². The van der Waals surface area contributed by atoms with Crippen LogP contribution in [0.2, 0.25) is 15.1 Å². The van der Waals surface area contributed by atoms with Crippen LogP contribution in [0, 0.1) is 17.1 Å². The van der Waals surface area contributed by atoms with Gasteiger partial charge in [0.1, 0.15) is 17.8 Å². The highest BCUT2D eigenvalue weighted by Crippen LogP contribution is 2.40. The van der Waals surface area contributed by atoms with E-state index < -0.39 is 23.8 Å². The van der Waals surface area contributed by atoms with Crippen molar-refractivity contribution in [3.8, 4) is 17.3 Å². The molecule has 1 unspecified atom stereocenters. The number of fused-ring (bicyclic) bond motifs is 1. The van der Waals surface area contributed by atoms with E-state index in [1.54, 1.807) is 6.07 Å². The maximum atomic E-state index is 14.0. The zero-order valence-electron chi connectivity index (χ0n) is 16.7. The first-order valence-electron chi connectivity index (χ1n) is 9.45. The summed E-state index contributed by atoms with van der Waals surface area (Å²) in [7, 11) is 0. The largest absolute Gasteiger partial charge is 0.365 e. The molecule has 0 saturated heterocycles. The molecule has 0 fully saturated rings. The van der Waals surface area contributed by atoms with E-state index in [1.165, 1.54) is 33.8 Å². The fraction of sp³-hybridized carbons (Fsp3) is 0.143. The van der Waals surface area contributed by atoms with Crippen molar-refractivity contribution in [3.63, 3.8) is 0 Å². The number of hydrogen-bond donors (Lipinski definition) is 2. The van der Waals surface area contributed by atoms with Gasteiger partial charge in [0.15, 0.2) is 5.82 Å². The van der Waals surface area contributed by atoms with Crippen molar-refractivity contribution in [1.82, 2.24) is 14.7 Å². The summed E-state index contributed by atoms with van der Waals surface area (Å²) in [6.07, 6.45) is 0. The lowest BCUT2D eigenvalue weighted by atomic mass is 9.94. The third-order valence-electron chi connectivity index (χ3n) is 5.33. The molecule has 3 amide bonds. The van der Waals surface area contributed by atoms with Crippen LogP contribution in [0.25, 0.3) is 11.3 Å². The van der Waals surface area contributed by atoms with Crippen molar-refractivity contribution in [2.75, 3.05) is 6.54 Å². The van der Waals surface area contributed by atoms with Gasteiger partial charge in [-0.15, -0.1) is 0 Å². The van der Waals surface area contributed by atoms with Gasteiger partial charge in [0, 0.05) is 12.1 Å². The van der Waals surface area contributed by atoms with Crippen molar-refractivity contribution in [3.05, 3.63) is 73.6 Å². The van der Waals surface area contributed by atoms with Gasteiger partial charge in [0.2, 0.25) is 0 Å². The van der Waals surface area contributed by atoms with Crippen molar-refractivity contribution in [2.45, 2.75) is 12.6 Å². The Balaban J connectivity index is 2.00. The van der Waals surface area contributed by atoms with Crippen molar-refractivity contribution >= 4 is 46.7 Å². The number of rotatable bonds is 3. The summed E-state index contributed by atoms with van der Waals surface area (Å²) in [6.45, 7) is 0.386. The van der Waals surface area contributed by atoms with E-state index in [0.717, 1.165) is 0 Å². The summed E-state index contributed by atoms with van der Waals surface area (Å²) in [6, 6.07) is 7.52. The van der Waals surface area contributed by atoms with Crippen LogP contribution in [0.3, 0.4) is 0 Å². The topological polar surface area (TPSA) is 131 Å². The third-order valence-corrected chi connectivity index (χ3v) is 6.19. The van der Waals surface area contributed by atoms with E-state index in [-0.39, 0.29) is 50.5 Å². The molecule has 1 aromatic heterocycles. The van der Waals surface area contributed by atoms with Crippen LogP contribution in [0.4, 0.5) is 9.18 Å². The van der Waals surface area contributed by atoms with E-state index >= 15 is 0 Å². The minimum atomic E-state index is -0.878. The number of halogens is 4. The Labute approximate surface area is 202 Å². The standard InChI is InChI=1S/C21H14Cl3FN6O2/c22-12-5-9(1-2-10(12)8-26)18-19-15(20(27)32)17(11-6-13(23)16(25)14(24)7-11)29-31(19)4-3-30(18)21(28)33/h1-2,5-7,18H,3-4H2,(H2,27,32)(H2,28,33). The monoisotopic (exact) mass is 506 g/mol. The molecule has 12 heteroatoms. The second kappa shape index (κ2) is 8.56. The molecule has 2 aromatic carbocycles. The molecule has 1 atom stereocenters. The number of primary amides is 2. The number of carbonyl (C=O) groups excluding carboxylic acids is 2. The zero-order valence-corrected chi connectivity index (χ0v) is 18.9. The number of aromatic nitrogens is 2. The van der Waals surface area contributed by atoms with Gasteiger partial charge in [0.25, 0.3) is 5.91 Å². The molecule has 8 nitrogen and oxygen atoms in total. The number of nitrogens with zero attached hydrogens (tertiary/aromatic N) is 4. The summed E-state index contributed by atoms with van der Waals surface area (Å²) in [5.74, 6) is -1.64. The van der Waals surface area contributed by atoms with Gasteiger partial charge in [-0.3, -0.25) is 9.48 Å². The number of nitriles is 1. The molecule has 4 N–H and O–H groups in total. The number of carbonyl (C=O) groups is 2. The molecular weight excluding hydrogens is 494 g/mol. The SMILES string of the molecule is N#Cc1ccc(C2c3c(C(N)=O)c(-c4cc(Cl)c(F)c(Cl)c4)nn3CCN2C(N)=O)cc1Cl. The maximum Gasteiger partial charge on any atom is 0.315 e. The Morgan fingerprint density at radius 1 is 1.09 bits per heavy atom. The molecular formula is C21H14Cl3FN6O2. The van der Waals surface area contributed by atoms with E-state index in [4.69, 9.17) is 46.3 Å². The lowest BCUT2D eigenvalue weighted by Crippen LogP contribution is -2.46. The molecule has 0 spiro atoms. The molecule has 1 aliphatic heterocycles. The van der Waals surface area contributed by atoms with Crippen LogP contribution in [0.15, 0.2) is 30.3 Å². The second-order valence-electron chi connectivity index (χ2n) is 7.24. The minimum Gasteiger partial charge on any atom is -0.365 e. The molecule has 0 bridgehead atoms. The van der Waals surface area contributed by atoms with Gasteiger partial charge in [-0.05, 0) is 29.8 Å². The van der Waals surface area contributed by atoms with Gasteiger partial charge < -0.3 is 16.4 Å². The summed E-state index contributed by atoms with van der Waals surface area (Å²) < 4.78 is 15.5. The summed E-state index contributed by atoms with van der Waals surface area (Å²) in [5.41, 5.74) is 12.8. The highest BCUT2D eigenvalue weighted by molar-refractivity contribution is 6.35. The molecule has 3 aromatic rings. The first-order valence-corrected chi connectivity index (χ1v) is 10.6. The van der Waals surface area contributed by atoms with Gasteiger partial charge in [-0.2, -0.15) is 10.4 Å². The Bertz CT molecular complexity index is 1340. The second-order valence-corrected chi connectivity index (χ2v) is 8.46. The van der Waals surface area contributed by atoms with Gasteiger partial charge in [0.05, 0.1) is 38.4 Å². The Kier molecular flexibility index (Phi) is 5.93. The number of amides is 3. The Morgan fingerprint density at radius 2 is 1.76 bits per heavy atom. The Morgan fingerprint density at radius 3 is 2.30 bits per heavy atom. The lowest BCUT2D eigenvalue weighted by Gasteiger charge is -2.35. The van der Waals surface area contributed by atoms with Crippen LogP contribution in [-0.2, 0) is 6.54 Å². The summed E-state index contributed by atoms with van der Waals surface area (Å²) in [5, 5.41) is 13.3. The van der Waals surface area contributed by atoms with Crippen LogP contribution in [0.5, 0.6) is 0 Å². The lowest BCUT2D eigenvalue weighted by molar-refractivity contribution is 0.0995. The van der Waals surface area contributed by atoms with E-state index in [9.17, 15) is 19.2 Å². The molecule has 0 radical (unpaired) electrons. The Hall–Kier alpha value is -3.32. The third kappa shape index (κ3) is 3.86. The minimum absolute atomic E-state index is 0.00910. The highest BCUT2D eigenvalue weighted by Gasteiger charge is 2.38. The molecule has 33 heavy (non-hydrogen) atoms. The normalized spacial score (nSPS) is 15.1. The van der Waals surface area contributed by atoms with Crippen LogP contribution < -0.4 is 11.5 Å². The predicted octanol–water partition coefficient (Wildman–Crippen LogP) is 4.10. The van der Waals surface area contributed by atoms with Gasteiger partial charge in [-0.1, -0.05) is 40.9 Å². The van der Waals surface area contributed by atoms with Crippen LogP contribution in [0.1, 0.15) is 33.2 Å². The zero-order chi connectivity index (χ0) is 24.0. The molecule has 1 aliphatic rings. The summed E-state index contributed by atoms with van der Waals surface area (Å²) >= 11 is 18.1. The molecule has 0 aliphatic carbocycles. The fourth-order valence-corrected chi connectivity index (χ4v) is 4.63. The van der Waals surface area contributed by atoms with Crippen molar-refractivity contribution < 1.29 is 14.0 Å². The molecule has 2 heterocycles. The van der Waals surface area contributed by atoms with Crippen molar-refractivity contribution in [1.29, 1.82) is 5.26 Å². The van der Waals surface area contributed by atoms with Crippen LogP contribution in [-0.4, -0.2) is 33.2 Å². The average Bonchev–Trinajstić information content (AvgIpc) is 3.16. The molecule has 0 saturated carbocycles. The quantitative estimate of drug-likeness (QED) is 0.517. The number of benzene rings is 2. The predicted molar refractivity (Wildman–Crippen MR) is 120 cm³/mol. The molecule has 4 rings (SSSR count). The average molecular weight is 508 g/mol. The summed E-state index contributed by atoms with van der Waals surface area (Å²) in [4.78, 5) is 26.2. The first-order chi connectivity index (χ1) is 15.6. The molecule has 168 valence electrons. The van der Waals surface area contributed by atoms with E-state index in [2.05, 4.69) is 5.10 Å². The smallest absolute Gasteiger partial charge is 0.315 e. The van der Waals surface area contributed by atoms with Gasteiger partial charge >= 0.3 is 6.03 Å².